The lowest BCUT2D eigenvalue weighted by molar-refractivity contribution is 0.501. The molecule has 2 fully saturated rings. The van der Waals surface area contributed by atoms with Crippen molar-refractivity contribution < 1.29 is 8.42 Å². The summed E-state index contributed by atoms with van der Waals surface area (Å²) in [6, 6.07) is 0. The van der Waals surface area contributed by atoms with Crippen molar-refractivity contribution in [2.45, 2.75) is 36.2 Å². The summed E-state index contributed by atoms with van der Waals surface area (Å²) in [5.74, 6) is 0. The van der Waals surface area contributed by atoms with Crippen molar-refractivity contribution in [2.24, 2.45) is 0 Å². The van der Waals surface area contributed by atoms with Crippen LogP contribution in [0.5, 0.6) is 0 Å². The fourth-order valence-corrected chi connectivity index (χ4v) is 6.64. The highest BCUT2D eigenvalue weighted by molar-refractivity contribution is 8.16. The highest BCUT2D eigenvalue weighted by Crippen LogP contribution is 2.40. The maximum atomic E-state index is 11.4. The van der Waals surface area contributed by atoms with E-state index in [1.807, 2.05) is 0 Å². The van der Waals surface area contributed by atoms with Crippen LogP contribution >= 0.6 is 11.8 Å². The van der Waals surface area contributed by atoms with E-state index in [-0.39, 0.29) is 5.25 Å². The maximum Gasteiger partial charge on any atom is 0.163 e. The summed E-state index contributed by atoms with van der Waals surface area (Å²) in [7, 11) is -2.68. The van der Waals surface area contributed by atoms with Crippen LogP contribution in [0.25, 0.3) is 0 Å². The number of rotatable bonds is 0. The summed E-state index contributed by atoms with van der Waals surface area (Å²) < 4.78 is 22.8. The van der Waals surface area contributed by atoms with Gasteiger partial charge in [-0.15, -0.1) is 11.8 Å². The Bertz CT molecular complexity index is 245. The standard InChI is InChI=1S/C7H12O2S2/c8-11(9)5-10-6-3-1-2-4-7(6)11/h6-7H,1-5H2/t6-,7-/m1/s1. The molecule has 64 valence electrons. The summed E-state index contributed by atoms with van der Waals surface area (Å²) in [6.45, 7) is 0. The average Bonchev–Trinajstić information content (AvgIpc) is 2.29. The molecule has 1 saturated carbocycles. The molecule has 4 heteroatoms. The third-order valence-corrected chi connectivity index (χ3v) is 7.06. The van der Waals surface area contributed by atoms with Gasteiger partial charge in [-0.05, 0) is 12.8 Å². The average molecular weight is 192 g/mol. The predicted molar refractivity (Wildman–Crippen MR) is 47.4 cm³/mol. The van der Waals surface area contributed by atoms with Crippen LogP contribution in [0.15, 0.2) is 0 Å². The zero-order valence-electron chi connectivity index (χ0n) is 6.32. The second kappa shape index (κ2) is 2.66. The lowest BCUT2D eigenvalue weighted by atomic mass is 10.00. The van der Waals surface area contributed by atoms with Crippen molar-refractivity contribution in [1.29, 1.82) is 0 Å². The molecule has 0 radical (unpaired) electrons. The molecule has 11 heavy (non-hydrogen) atoms. The van der Waals surface area contributed by atoms with Crippen LogP contribution in [-0.2, 0) is 9.84 Å². The van der Waals surface area contributed by atoms with Crippen LogP contribution in [0.1, 0.15) is 25.7 Å². The Labute approximate surface area is 71.7 Å². The van der Waals surface area contributed by atoms with Crippen LogP contribution in [0.4, 0.5) is 0 Å². The first kappa shape index (κ1) is 7.92. The van der Waals surface area contributed by atoms with E-state index in [0.29, 0.717) is 10.3 Å². The molecule has 0 amide bonds. The Hall–Kier alpha value is 0.300. The molecule has 0 aromatic rings. The molecular weight excluding hydrogens is 180 g/mol. The zero-order valence-corrected chi connectivity index (χ0v) is 7.96. The van der Waals surface area contributed by atoms with E-state index >= 15 is 0 Å². The molecule has 2 rings (SSSR count). The minimum Gasteiger partial charge on any atom is -0.228 e. The highest BCUT2D eigenvalue weighted by Gasteiger charge is 2.41. The number of sulfone groups is 1. The lowest BCUT2D eigenvalue weighted by Crippen LogP contribution is -2.28. The molecule has 1 heterocycles. The third-order valence-electron chi connectivity index (χ3n) is 2.55. The van der Waals surface area contributed by atoms with Crippen LogP contribution in [0.3, 0.4) is 0 Å². The minimum atomic E-state index is -2.68. The van der Waals surface area contributed by atoms with Crippen LogP contribution in [0, 0.1) is 0 Å². The van der Waals surface area contributed by atoms with E-state index in [1.54, 1.807) is 11.8 Å². The molecule has 0 bridgehead atoms. The van der Waals surface area contributed by atoms with Crippen molar-refractivity contribution in [3.05, 3.63) is 0 Å². The van der Waals surface area contributed by atoms with Crippen molar-refractivity contribution in [2.75, 3.05) is 5.08 Å². The molecule has 1 aliphatic carbocycles. The Morgan fingerprint density at radius 3 is 2.64 bits per heavy atom. The smallest absolute Gasteiger partial charge is 0.163 e. The van der Waals surface area contributed by atoms with Gasteiger partial charge in [-0.2, -0.15) is 0 Å². The summed E-state index contributed by atoms with van der Waals surface area (Å²) in [5.41, 5.74) is 0. The molecule has 0 unspecified atom stereocenters. The summed E-state index contributed by atoms with van der Waals surface area (Å²) in [6.07, 6.45) is 4.37. The van der Waals surface area contributed by atoms with Gasteiger partial charge in [0.1, 0.15) is 0 Å². The van der Waals surface area contributed by atoms with Crippen LogP contribution in [0.2, 0.25) is 0 Å². The molecular formula is C7H12O2S2. The Morgan fingerprint density at radius 2 is 1.91 bits per heavy atom. The summed E-state index contributed by atoms with van der Waals surface area (Å²) in [5, 5.41) is 0.831. The Balaban J connectivity index is 2.23. The number of hydrogen-bond donors (Lipinski definition) is 0. The maximum absolute atomic E-state index is 11.4. The van der Waals surface area contributed by atoms with Gasteiger partial charge in [0.25, 0.3) is 0 Å². The van der Waals surface area contributed by atoms with E-state index in [2.05, 4.69) is 0 Å². The molecule has 2 aliphatic rings. The Morgan fingerprint density at radius 1 is 1.18 bits per heavy atom. The normalized spacial score (nSPS) is 41.8. The lowest BCUT2D eigenvalue weighted by Gasteiger charge is -2.22. The Kier molecular flexibility index (Phi) is 1.92. The number of hydrogen-bond acceptors (Lipinski definition) is 3. The van der Waals surface area contributed by atoms with Gasteiger partial charge in [0.15, 0.2) is 9.84 Å². The summed E-state index contributed by atoms with van der Waals surface area (Å²) in [4.78, 5) is 0. The van der Waals surface area contributed by atoms with Crippen LogP contribution in [-0.4, -0.2) is 24.0 Å². The molecule has 2 nitrogen and oxygen atoms in total. The first-order chi connectivity index (χ1) is 5.20. The van der Waals surface area contributed by atoms with E-state index in [9.17, 15) is 8.42 Å². The van der Waals surface area contributed by atoms with Crippen molar-refractivity contribution >= 4 is 21.6 Å². The number of thioether (sulfide) groups is 1. The van der Waals surface area contributed by atoms with Gasteiger partial charge in [-0.25, -0.2) is 8.42 Å². The molecule has 1 saturated heterocycles. The molecule has 0 aromatic heterocycles. The van der Waals surface area contributed by atoms with Gasteiger partial charge in [0, 0.05) is 5.25 Å². The van der Waals surface area contributed by atoms with Crippen molar-refractivity contribution in [3.8, 4) is 0 Å². The van der Waals surface area contributed by atoms with E-state index in [4.69, 9.17) is 0 Å². The second-order valence-electron chi connectivity index (χ2n) is 3.31. The predicted octanol–water partition coefficient (Wildman–Crippen LogP) is 1.42. The highest BCUT2D eigenvalue weighted by atomic mass is 32.3. The molecule has 1 aliphatic heterocycles. The SMILES string of the molecule is O=S1(=O)CS[C@@H]2CCCC[C@H]21. The van der Waals surface area contributed by atoms with E-state index in [1.165, 1.54) is 6.42 Å². The van der Waals surface area contributed by atoms with E-state index < -0.39 is 9.84 Å². The second-order valence-corrected chi connectivity index (χ2v) is 7.12. The van der Waals surface area contributed by atoms with E-state index in [0.717, 1.165) is 19.3 Å². The van der Waals surface area contributed by atoms with Gasteiger partial charge in [0.2, 0.25) is 0 Å². The van der Waals surface area contributed by atoms with Gasteiger partial charge >= 0.3 is 0 Å². The minimum absolute atomic E-state index is 0.0150. The van der Waals surface area contributed by atoms with Gasteiger partial charge in [-0.1, -0.05) is 12.8 Å². The first-order valence-corrected chi connectivity index (χ1v) is 6.80. The fraction of sp³-hybridized carbons (Fsp3) is 1.00. The van der Waals surface area contributed by atoms with Crippen LogP contribution < -0.4 is 0 Å². The number of fused-ring (bicyclic) bond motifs is 1. The van der Waals surface area contributed by atoms with Gasteiger partial charge in [0.05, 0.1) is 10.3 Å². The largest absolute Gasteiger partial charge is 0.228 e. The van der Waals surface area contributed by atoms with Gasteiger partial charge < -0.3 is 0 Å². The topological polar surface area (TPSA) is 34.1 Å². The third kappa shape index (κ3) is 1.31. The van der Waals surface area contributed by atoms with Crippen molar-refractivity contribution in [3.63, 3.8) is 0 Å². The van der Waals surface area contributed by atoms with Gasteiger partial charge in [-0.3, -0.25) is 0 Å². The molecule has 0 N–H and O–H groups in total. The summed E-state index contributed by atoms with van der Waals surface area (Å²) >= 11 is 1.65. The quantitative estimate of drug-likeness (QED) is 0.582. The molecule has 0 spiro atoms. The molecule has 2 atom stereocenters. The molecule has 0 aromatic carbocycles. The monoisotopic (exact) mass is 192 g/mol. The van der Waals surface area contributed by atoms with Crippen molar-refractivity contribution in [1.82, 2.24) is 0 Å². The first-order valence-electron chi connectivity index (χ1n) is 4.03. The zero-order chi connectivity index (χ0) is 7.90. The fourth-order valence-electron chi connectivity index (χ4n) is 1.93.